The van der Waals surface area contributed by atoms with E-state index in [1.807, 2.05) is 0 Å². The van der Waals surface area contributed by atoms with E-state index in [4.69, 9.17) is 9.84 Å². The Morgan fingerprint density at radius 1 is 1.07 bits per heavy atom. The molecule has 0 bridgehead atoms. The van der Waals surface area contributed by atoms with Crippen molar-refractivity contribution in [3.63, 3.8) is 0 Å². The molecule has 1 saturated heterocycles. The van der Waals surface area contributed by atoms with Crippen molar-refractivity contribution >= 4 is 5.82 Å². The van der Waals surface area contributed by atoms with Gasteiger partial charge < -0.3 is 19.5 Å². The molecule has 0 radical (unpaired) electrons. The smallest absolute Gasteiger partial charge is 0.134 e. The predicted molar refractivity (Wildman–Crippen MR) is 113 cm³/mol. The highest BCUT2D eigenvalue weighted by Crippen LogP contribution is 2.29. The SMILES string of the molecule is CC(C)c1nn(C)c(N2CCOCC2)c1CNCCc1nnc2n1CCCCC2. The summed E-state index contributed by atoms with van der Waals surface area (Å²) < 4.78 is 9.94. The second kappa shape index (κ2) is 9.26. The molecule has 160 valence electrons. The molecular formula is C21H35N7O. The maximum absolute atomic E-state index is 5.55. The Kier molecular flexibility index (Phi) is 6.50. The Morgan fingerprint density at radius 3 is 2.69 bits per heavy atom. The average molecular weight is 402 g/mol. The fraction of sp³-hybridized carbons (Fsp3) is 0.762. The first kappa shape index (κ1) is 20.3. The largest absolute Gasteiger partial charge is 0.378 e. The third-order valence-corrected chi connectivity index (χ3v) is 6.01. The van der Waals surface area contributed by atoms with Crippen molar-refractivity contribution in [2.45, 2.75) is 65.0 Å². The minimum absolute atomic E-state index is 0.403. The van der Waals surface area contributed by atoms with E-state index >= 15 is 0 Å². The first-order chi connectivity index (χ1) is 14.1. The van der Waals surface area contributed by atoms with E-state index in [9.17, 15) is 0 Å². The van der Waals surface area contributed by atoms with Gasteiger partial charge in [0.05, 0.1) is 18.9 Å². The van der Waals surface area contributed by atoms with Crippen LogP contribution in [0.1, 0.15) is 61.9 Å². The number of hydrogen-bond donors (Lipinski definition) is 1. The van der Waals surface area contributed by atoms with Crippen LogP contribution in [-0.4, -0.2) is 57.4 Å². The van der Waals surface area contributed by atoms with Gasteiger partial charge in [0.25, 0.3) is 0 Å². The molecular weight excluding hydrogens is 366 g/mol. The second-order valence-electron chi connectivity index (χ2n) is 8.49. The van der Waals surface area contributed by atoms with Crippen LogP contribution in [0.4, 0.5) is 5.82 Å². The van der Waals surface area contributed by atoms with Crippen molar-refractivity contribution in [2.24, 2.45) is 7.05 Å². The number of rotatable bonds is 7. The van der Waals surface area contributed by atoms with E-state index in [0.717, 1.165) is 64.6 Å². The summed E-state index contributed by atoms with van der Waals surface area (Å²) in [5.74, 6) is 3.93. The number of aryl methyl sites for hydroxylation is 2. The van der Waals surface area contributed by atoms with Crippen LogP contribution in [0.5, 0.6) is 0 Å². The van der Waals surface area contributed by atoms with Crippen LogP contribution in [0.25, 0.3) is 0 Å². The molecule has 0 aromatic carbocycles. The number of morpholine rings is 1. The summed E-state index contributed by atoms with van der Waals surface area (Å²) in [5.41, 5.74) is 2.52. The number of ether oxygens (including phenoxy) is 1. The van der Waals surface area contributed by atoms with Gasteiger partial charge in [0.15, 0.2) is 0 Å². The molecule has 1 N–H and O–H groups in total. The van der Waals surface area contributed by atoms with Gasteiger partial charge in [0.1, 0.15) is 17.5 Å². The van der Waals surface area contributed by atoms with Crippen LogP contribution in [0.15, 0.2) is 0 Å². The van der Waals surface area contributed by atoms with Crippen LogP contribution < -0.4 is 10.2 Å². The molecule has 0 unspecified atom stereocenters. The highest BCUT2D eigenvalue weighted by molar-refractivity contribution is 5.51. The number of nitrogens with one attached hydrogen (secondary N) is 1. The molecule has 0 atom stereocenters. The summed E-state index contributed by atoms with van der Waals surface area (Å²) in [4.78, 5) is 2.41. The normalized spacial score (nSPS) is 17.6. The Balaban J connectivity index is 1.42. The zero-order valence-electron chi connectivity index (χ0n) is 18.2. The van der Waals surface area contributed by atoms with Gasteiger partial charge in [0.2, 0.25) is 0 Å². The fourth-order valence-corrected chi connectivity index (χ4v) is 4.53. The van der Waals surface area contributed by atoms with Crippen molar-refractivity contribution in [3.05, 3.63) is 22.9 Å². The van der Waals surface area contributed by atoms with E-state index in [1.54, 1.807) is 0 Å². The van der Waals surface area contributed by atoms with Crippen molar-refractivity contribution in [3.8, 4) is 0 Å². The highest BCUT2D eigenvalue weighted by Gasteiger charge is 2.24. The van der Waals surface area contributed by atoms with Gasteiger partial charge in [-0.3, -0.25) is 4.68 Å². The quantitative estimate of drug-likeness (QED) is 0.716. The Morgan fingerprint density at radius 2 is 1.90 bits per heavy atom. The molecule has 0 aliphatic carbocycles. The maximum Gasteiger partial charge on any atom is 0.134 e. The van der Waals surface area contributed by atoms with Gasteiger partial charge in [-0.1, -0.05) is 20.3 Å². The number of nitrogens with zero attached hydrogens (tertiary/aromatic N) is 6. The topological polar surface area (TPSA) is 73.0 Å². The third-order valence-electron chi connectivity index (χ3n) is 6.01. The van der Waals surface area contributed by atoms with Crippen LogP contribution in [-0.2, 0) is 37.7 Å². The summed E-state index contributed by atoms with van der Waals surface area (Å²) >= 11 is 0. The van der Waals surface area contributed by atoms with Crippen molar-refractivity contribution in [1.29, 1.82) is 0 Å². The first-order valence-corrected chi connectivity index (χ1v) is 11.1. The van der Waals surface area contributed by atoms with Crippen LogP contribution in [0, 0.1) is 0 Å². The molecule has 0 saturated carbocycles. The summed E-state index contributed by atoms with van der Waals surface area (Å²) in [6.45, 7) is 10.7. The first-order valence-electron chi connectivity index (χ1n) is 11.1. The Hall–Kier alpha value is -1.93. The van der Waals surface area contributed by atoms with Gasteiger partial charge in [-0.25, -0.2) is 0 Å². The molecule has 0 spiro atoms. The summed E-state index contributed by atoms with van der Waals surface area (Å²) in [6.07, 6.45) is 5.75. The zero-order chi connectivity index (χ0) is 20.2. The van der Waals surface area contributed by atoms with Crippen molar-refractivity contribution in [1.82, 2.24) is 29.9 Å². The Labute approximate surface area is 173 Å². The van der Waals surface area contributed by atoms with Crippen LogP contribution in [0.2, 0.25) is 0 Å². The molecule has 2 aromatic rings. The van der Waals surface area contributed by atoms with Gasteiger partial charge in [-0.05, 0) is 18.8 Å². The molecule has 2 aliphatic rings. The van der Waals surface area contributed by atoms with Gasteiger partial charge in [-0.2, -0.15) is 5.10 Å². The second-order valence-corrected chi connectivity index (χ2v) is 8.49. The lowest BCUT2D eigenvalue weighted by Crippen LogP contribution is -2.38. The van der Waals surface area contributed by atoms with Gasteiger partial charge >= 0.3 is 0 Å². The van der Waals surface area contributed by atoms with Gasteiger partial charge in [0, 0.05) is 58.2 Å². The summed E-state index contributed by atoms with van der Waals surface area (Å²) in [6, 6.07) is 0. The van der Waals surface area contributed by atoms with Gasteiger partial charge in [-0.15, -0.1) is 10.2 Å². The maximum atomic E-state index is 5.55. The lowest BCUT2D eigenvalue weighted by atomic mass is 10.0. The van der Waals surface area contributed by atoms with Crippen molar-refractivity contribution in [2.75, 3.05) is 37.7 Å². The molecule has 2 aromatic heterocycles. The Bertz CT molecular complexity index is 804. The number of fused-ring (bicyclic) bond motifs is 1. The standard InChI is InChI=1S/C21H35N7O/c1-16(2)20-17(21(26(3)25-20)27-11-13-29-14-12-27)15-22-9-8-19-24-23-18-7-5-4-6-10-28(18)19/h16,22H,4-15H2,1-3H3. The number of anilines is 1. The van der Waals surface area contributed by atoms with Crippen LogP contribution >= 0.6 is 0 Å². The molecule has 8 heteroatoms. The molecule has 0 amide bonds. The lowest BCUT2D eigenvalue weighted by molar-refractivity contribution is 0.122. The summed E-state index contributed by atoms with van der Waals surface area (Å²) in [5, 5.41) is 17.4. The molecule has 4 heterocycles. The van der Waals surface area contributed by atoms with E-state index in [0.29, 0.717) is 5.92 Å². The predicted octanol–water partition coefficient (Wildman–Crippen LogP) is 2.03. The average Bonchev–Trinajstić information content (AvgIpc) is 3.16. The fourth-order valence-electron chi connectivity index (χ4n) is 4.53. The highest BCUT2D eigenvalue weighted by atomic mass is 16.5. The molecule has 8 nitrogen and oxygen atoms in total. The van der Waals surface area contributed by atoms with E-state index in [1.165, 1.54) is 42.2 Å². The number of aromatic nitrogens is 5. The minimum atomic E-state index is 0.403. The van der Waals surface area contributed by atoms with Crippen molar-refractivity contribution < 1.29 is 4.74 Å². The molecule has 2 aliphatic heterocycles. The summed E-state index contributed by atoms with van der Waals surface area (Å²) in [7, 11) is 2.06. The van der Waals surface area contributed by atoms with Crippen LogP contribution in [0.3, 0.4) is 0 Å². The zero-order valence-corrected chi connectivity index (χ0v) is 18.2. The molecule has 29 heavy (non-hydrogen) atoms. The van der Waals surface area contributed by atoms with E-state index < -0.39 is 0 Å². The minimum Gasteiger partial charge on any atom is -0.378 e. The molecule has 4 rings (SSSR count). The monoisotopic (exact) mass is 401 g/mol. The van der Waals surface area contributed by atoms with E-state index in [-0.39, 0.29) is 0 Å². The molecule has 1 fully saturated rings. The number of hydrogen-bond acceptors (Lipinski definition) is 6. The van der Waals surface area contributed by atoms with E-state index in [2.05, 4.69) is 50.6 Å². The third kappa shape index (κ3) is 4.48. The lowest BCUT2D eigenvalue weighted by Gasteiger charge is -2.29.